The Labute approximate surface area is 122 Å². The summed E-state index contributed by atoms with van der Waals surface area (Å²) in [6, 6.07) is 10.1. The van der Waals surface area contributed by atoms with Crippen LogP contribution in [0.25, 0.3) is 11.1 Å². The molecule has 1 aliphatic heterocycles. The number of ether oxygens (including phenoxy) is 1. The molecule has 0 saturated carbocycles. The lowest BCUT2D eigenvalue weighted by Gasteiger charge is -2.26. The van der Waals surface area contributed by atoms with E-state index in [9.17, 15) is 4.79 Å². The number of fused-ring (bicyclic) bond motifs is 1. The molecule has 0 aliphatic carbocycles. The smallest absolute Gasteiger partial charge is 0.404 e. The highest BCUT2D eigenvalue weighted by Gasteiger charge is 2.21. The Balaban J connectivity index is 1.87. The van der Waals surface area contributed by atoms with E-state index in [-0.39, 0.29) is 12.6 Å². The van der Waals surface area contributed by atoms with Gasteiger partial charge in [-0.2, -0.15) is 0 Å². The predicted molar refractivity (Wildman–Crippen MR) is 78.1 cm³/mol. The van der Waals surface area contributed by atoms with Gasteiger partial charge in [-0.3, -0.25) is 4.98 Å². The van der Waals surface area contributed by atoms with Crippen LogP contribution < -0.4 is 5.32 Å². The summed E-state index contributed by atoms with van der Waals surface area (Å²) in [5, 5.41) is 11.1. The average Bonchev–Trinajstić information content (AvgIpc) is 2.53. The fourth-order valence-electron chi connectivity index (χ4n) is 2.60. The van der Waals surface area contributed by atoms with Gasteiger partial charge in [-0.1, -0.05) is 24.3 Å². The molecule has 5 heteroatoms. The highest BCUT2D eigenvalue weighted by Crippen LogP contribution is 2.30. The standard InChI is InChI=1S/C16H16N2O3/c19-16(20)18-10-15-14-4-3-11(8-12(14)5-7-21-15)13-2-1-6-17-9-13/h1-4,6,8-9,15,18H,5,7,10H2,(H,19,20)/t15-/m0/s1. The maximum Gasteiger partial charge on any atom is 0.404 e. The molecule has 1 atom stereocenters. The topological polar surface area (TPSA) is 71.5 Å². The molecule has 0 radical (unpaired) electrons. The van der Waals surface area contributed by atoms with Gasteiger partial charge in [-0.05, 0) is 34.7 Å². The minimum atomic E-state index is -1.03. The molecule has 2 aromatic rings. The second-order valence-corrected chi connectivity index (χ2v) is 4.95. The second kappa shape index (κ2) is 5.93. The first-order valence-electron chi connectivity index (χ1n) is 6.85. The Morgan fingerprint density at radius 2 is 2.29 bits per heavy atom. The number of aromatic nitrogens is 1. The second-order valence-electron chi connectivity index (χ2n) is 4.95. The van der Waals surface area contributed by atoms with Crippen molar-refractivity contribution in [1.82, 2.24) is 10.3 Å². The summed E-state index contributed by atoms with van der Waals surface area (Å²) >= 11 is 0. The zero-order valence-electron chi connectivity index (χ0n) is 11.5. The Morgan fingerprint density at radius 3 is 3.05 bits per heavy atom. The van der Waals surface area contributed by atoms with Crippen LogP contribution in [0.1, 0.15) is 17.2 Å². The summed E-state index contributed by atoms with van der Waals surface area (Å²) in [6.45, 7) is 0.879. The number of amides is 1. The van der Waals surface area contributed by atoms with Crippen LogP contribution in [0.5, 0.6) is 0 Å². The first-order chi connectivity index (χ1) is 10.2. The van der Waals surface area contributed by atoms with Crippen LogP contribution in [-0.4, -0.2) is 29.3 Å². The maximum absolute atomic E-state index is 10.6. The minimum Gasteiger partial charge on any atom is -0.465 e. The molecule has 0 bridgehead atoms. The van der Waals surface area contributed by atoms with E-state index in [0.29, 0.717) is 6.61 Å². The number of carboxylic acid groups (broad SMARTS) is 1. The van der Waals surface area contributed by atoms with Crippen LogP contribution >= 0.6 is 0 Å². The molecular formula is C16H16N2O3. The molecule has 2 N–H and O–H groups in total. The number of carbonyl (C=O) groups is 1. The van der Waals surface area contributed by atoms with Crippen molar-refractivity contribution in [3.63, 3.8) is 0 Å². The molecule has 1 aromatic carbocycles. The van der Waals surface area contributed by atoms with E-state index in [1.807, 2.05) is 30.5 Å². The van der Waals surface area contributed by atoms with Crippen LogP contribution in [-0.2, 0) is 11.2 Å². The molecule has 108 valence electrons. The molecule has 5 nitrogen and oxygen atoms in total. The van der Waals surface area contributed by atoms with Crippen molar-refractivity contribution < 1.29 is 14.6 Å². The van der Waals surface area contributed by atoms with Gasteiger partial charge in [0.25, 0.3) is 0 Å². The first-order valence-corrected chi connectivity index (χ1v) is 6.85. The van der Waals surface area contributed by atoms with Gasteiger partial charge in [-0.15, -0.1) is 0 Å². The zero-order chi connectivity index (χ0) is 14.7. The third-order valence-electron chi connectivity index (χ3n) is 3.61. The summed E-state index contributed by atoms with van der Waals surface area (Å²) in [7, 11) is 0. The molecule has 0 saturated heterocycles. The molecule has 1 amide bonds. The predicted octanol–water partition coefficient (Wildman–Crippen LogP) is 2.63. The third-order valence-corrected chi connectivity index (χ3v) is 3.61. The molecule has 2 heterocycles. The first kappa shape index (κ1) is 13.6. The summed E-state index contributed by atoms with van der Waals surface area (Å²) in [6.07, 6.45) is 3.19. The number of nitrogens with one attached hydrogen (secondary N) is 1. The lowest BCUT2D eigenvalue weighted by Crippen LogP contribution is -2.30. The highest BCUT2D eigenvalue weighted by molar-refractivity contribution is 5.65. The van der Waals surface area contributed by atoms with Crippen molar-refractivity contribution in [3.8, 4) is 11.1 Å². The van der Waals surface area contributed by atoms with Crippen LogP contribution in [0, 0.1) is 0 Å². The van der Waals surface area contributed by atoms with E-state index in [4.69, 9.17) is 9.84 Å². The van der Waals surface area contributed by atoms with Crippen LogP contribution in [0.15, 0.2) is 42.7 Å². The van der Waals surface area contributed by atoms with Crippen molar-refractivity contribution in [2.24, 2.45) is 0 Å². The van der Waals surface area contributed by atoms with Gasteiger partial charge in [0, 0.05) is 12.4 Å². The number of benzene rings is 1. The van der Waals surface area contributed by atoms with Gasteiger partial charge in [0.2, 0.25) is 0 Å². The number of pyridine rings is 1. The Hall–Kier alpha value is -2.40. The van der Waals surface area contributed by atoms with Crippen molar-refractivity contribution >= 4 is 6.09 Å². The van der Waals surface area contributed by atoms with Crippen LogP contribution in [0.3, 0.4) is 0 Å². The molecule has 1 aliphatic rings. The number of nitrogens with zero attached hydrogens (tertiary/aromatic N) is 1. The fourth-order valence-corrected chi connectivity index (χ4v) is 2.60. The van der Waals surface area contributed by atoms with E-state index < -0.39 is 6.09 Å². The molecule has 0 spiro atoms. The van der Waals surface area contributed by atoms with Crippen molar-refractivity contribution in [2.45, 2.75) is 12.5 Å². The van der Waals surface area contributed by atoms with Crippen molar-refractivity contribution in [2.75, 3.05) is 13.2 Å². The molecular weight excluding hydrogens is 268 g/mol. The monoisotopic (exact) mass is 284 g/mol. The highest BCUT2D eigenvalue weighted by atomic mass is 16.5. The van der Waals surface area contributed by atoms with Crippen molar-refractivity contribution in [3.05, 3.63) is 53.9 Å². The quantitative estimate of drug-likeness (QED) is 0.909. The Bertz CT molecular complexity index is 643. The van der Waals surface area contributed by atoms with Gasteiger partial charge in [-0.25, -0.2) is 4.79 Å². The van der Waals surface area contributed by atoms with E-state index >= 15 is 0 Å². The number of hydrogen-bond donors (Lipinski definition) is 2. The molecule has 21 heavy (non-hydrogen) atoms. The number of hydrogen-bond acceptors (Lipinski definition) is 3. The van der Waals surface area contributed by atoms with E-state index in [0.717, 1.165) is 23.1 Å². The van der Waals surface area contributed by atoms with Gasteiger partial charge >= 0.3 is 6.09 Å². The van der Waals surface area contributed by atoms with E-state index in [2.05, 4.69) is 16.4 Å². The average molecular weight is 284 g/mol. The summed E-state index contributed by atoms with van der Waals surface area (Å²) in [5.74, 6) is 0. The Morgan fingerprint density at radius 1 is 1.38 bits per heavy atom. The van der Waals surface area contributed by atoms with Gasteiger partial charge in [0.1, 0.15) is 6.10 Å². The van der Waals surface area contributed by atoms with E-state index in [1.165, 1.54) is 5.56 Å². The molecule has 1 aromatic heterocycles. The molecule has 3 rings (SSSR count). The van der Waals surface area contributed by atoms with Crippen LogP contribution in [0.4, 0.5) is 4.79 Å². The number of rotatable bonds is 3. The normalized spacial score (nSPS) is 17.0. The Kier molecular flexibility index (Phi) is 3.83. The summed E-state index contributed by atoms with van der Waals surface area (Å²) in [5.41, 5.74) is 4.46. The minimum absolute atomic E-state index is 0.215. The van der Waals surface area contributed by atoms with Crippen LogP contribution in [0.2, 0.25) is 0 Å². The maximum atomic E-state index is 10.6. The summed E-state index contributed by atoms with van der Waals surface area (Å²) < 4.78 is 5.66. The SMILES string of the molecule is O=C(O)NC[C@@H]1OCCc2cc(-c3cccnc3)ccc21. The lowest BCUT2D eigenvalue weighted by atomic mass is 9.93. The zero-order valence-corrected chi connectivity index (χ0v) is 11.5. The van der Waals surface area contributed by atoms with Gasteiger partial charge in [0.15, 0.2) is 0 Å². The van der Waals surface area contributed by atoms with Gasteiger partial charge < -0.3 is 15.2 Å². The third kappa shape index (κ3) is 3.03. The van der Waals surface area contributed by atoms with Crippen molar-refractivity contribution in [1.29, 1.82) is 0 Å². The van der Waals surface area contributed by atoms with Gasteiger partial charge in [0.05, 0.1) is 13.2 Å². The lowest BCUT2D eigenvalue weighted by molar-refractivity contribution is 0.0427. The largest absolute Gasteiger partial charge is 0.465 e. The summed E-state index contributed by atoms with van der Waals surface area (Å²) in [4.78, 5) is 14.8. The fraction of sp³-hybridized carbons (Fsp3) is 0.250. The molecule has 0 fully saturated rings. The molecule has 0 unspecified atom stereocenters. The van der Waals surface area contributed by atoms with E-state index in [1.54, 1.807) is 6.20 Å².